The number of carbonyl (C=O) groups is 1. The summed E-state index contributed by atoms with van der Waals surface area (Å²) in [6, 6.07) is 20.0. The number of aromatic nitrogens is 2. The Bertz CT molecular complexity index is 1190. The summed E-state index contributed by atoms with van der Waals surface area (Å²) < 4.78 is 1.89. The van der Waals surface area contributed by atoms with E-state index in [9.17, 15) is 4.79 Å². The van der Waals surface area contributed by atoms with Gasteiger partial charge in [-0.25, -0.2) is 4.98 Å². The summed E-state index contributed by atoms with van der Waals surface area (Å²) in [7, 11) is 0. The summed E-state index contributed by atoms with van der Waals surface area (Å²) in [4.78, 5) is 18.2. The van der Waals surface area contributed by atoms with Crippen LogP contribution in [0.15, 0.2) is 66.9 Å². The highest BCUT2D eigenvalue weighted by Gasteiger charge is 2.22. The zero-order chi connectivity index (χ0) is 20.5. The first-order valence-corrected chi connectivity index (χ1v) is 9.90. The Hall–Kier alpha value is -3.40. The number of rotatable bonds is 4. The van der Waals surface area contributed by atoms with Crippen molar-refractivity contribution in [1.82, 2.24) is 9.38 Å². The smallest absolute Gasteiger partial charge is 0.274 e. The van der Waals surface area contributed by atoms with Crippen LogP contribution in [-0.2, 0) is 0 Å². The molecule has 4 heteroatoms. The SMILES string of the molecule is Cc1ccc(-c2nc3ccc(C)cn3c2C(=O)Nc2ccccc2C(C)C)cc1. The molecular weight excluding hydrogens is 358 g/mol. The minimum absolute atomic E-state index is 0.160. The van der Waals surface area contributed by atoms with Crippen LogP contribution >= 0.6 is 0 Å². The van der Waals surface area contributed by atoms with E-state index in [4.69, 9.17) is 4.98 Å². The average molecular weight is 383 g/mol. The van der Waals surface area contributed by atoms with Crippen molar-refractivity contribution in [3.8, 4) is 11.3 Å². The van der Waals surface area contributed by atoms with E-state index in [0.29, 0.717) is 17.3 Å². The molecule has 0 aliphatic carbocycles. The Morgan fingerprint density at radius 1 is 0.931 bits per heavy atom. The molecule has 0 spiro atoms. The average Bonchev–Trinajstić information content (AvgIpc) is 3.07. The molecule has 1 N–H and O–H groups in total. The summed E-state index contributed by atoms with van der Waals surface area (Å²) in [5.41, 5.74) is 7.12. The predicted molar refractivity (Wildman–Crippen MR) is 119 cm³/mol. The number of amides is 1. The van der Waals surface area contributed by atoms with Gasteiger partial charge in [0.15, 0.2) is 0 Å². The van der Waals surface area contributed by atoms with Crippen LogP contribution in [0.2, 0.25) is 0 Å². The fourth-order valence-corrected chi connectivity index (χ4v) is 3.58. The van der Waals surface area contributed by atoms with Crippen LogP contribution in [0.25, 0.3) is 16.9 Å². The number of hydrogen-bond acceptors (Lipinski definition) is 2. The molecule has 0 bridgehead atoms. The van der Waals surface area contributed by atoms with Crippen molar-refractivity contribution in [1.29, 1.82) is 0 Å². The third-order valence-electron chi connectivity index (χ3n) is 5.14. The van der Waals surface area contributed by atoms with Gasteiger partial charge in [-0.1, -0.05) is 67.9 Å². The predicted octanol–water partition coefficient (Wildman–Crippen LogP) is 5.99. The number of hydrogen-bond donors (Lipinski definition) is 1. The maximum atomic E-state index is 13.5. The number of fused-ring (bicyclic) bond motifs is 1. The lowest BCUT2D eigenvalue weighted by Crippen LogP contribution is -2.17. The summed E-state index contributed by atoms with van der Waals surface area (Å²) in [5, 5.41) is 3.13. The normalized spacial score (nSPS) is 11.2. The molecule has 4 nitrogen and oxygen atoms in total. The lowest BCUT2D eigenvalue weighted by molar-refractivity contribution is 0.102. The molecule has 0 unspecified atom stereocenters. The Labute approximate surface area is 171 Å². The summed E-state index contributed by atoms with van der Waals surface area (Å²) in [6.07, 6.45) is 1.96. The zero-order valence-corrected chi connectivity index (χ0v) is 17.2. The molecule has 2 aromatic carbocycles. The Morgan fingerprint density at radius 3 is 2.34 bits per heavy atom. The quantitative estimate of drug-likeness (QED) is 0.470. The van der Waals surface area contributed by atoms with E-state index >= 15 is 0 Å². The van der Waals surface area contributed by atoms with Gasteiger partial charge in [0.25, 0.3) is 5.91 Å². The van der Waals surface area contributed by atoms with E-state index in [2.05, 4.69) is 25.2 Å². The molecule has 0 atom stereocenters. The first-order chi connectivity index (χ1) is 13.9. The molecule has 29 heavy (non-hydrogen) atoms. The topological polar surface area (TPSA) is 46.4 Å². The molecular formula is C25H25N3O. The van der Waals surface area contributed by atoms with Crippen LogP contribution in [0.1, 0.15) is 46.9 Å². The molecule has 0 fully saturated rings. The maximum Gasteiger partial charge on any atom is 0.274 e. The van der Waals surface area contributed by atoms with E-state index in [0.717, 1.165) is 28.0 Å². The second kappa shape index (κ2) is 7.55. The van der Waals surface area contributed by atoms with Crippen LogP contribution in [0.5, 0.6) is 0 Å². The minimum atomic E-state index is -0.160. The number of pyridine rings is 1. The van der Waals surface area contributed by atoms with Crippen molar-refractivity contribution in [2.24, 2.45) is 0 Å². The molecule has 2 heterocycles. The zero-order valence-electron chi connectivity index (χ0n) is 17.2. The number of nitrogens with zero attached hydrogens (tertiary/aromatic N) is 2. The number of carbonyl (C=O) groups excluding carboxylic acids is 1. The van der Waals surface area contributed by atoms with Gasteiger partial charge in [-0.05, 0) is 43.0 Å². The monoisotopic (exact) mass is 383 g/mol. The Kier molecular flexibility index (Phi) is 4.93. The molecule has 0 radical (unpaired) electrons. The van der Waals surface area contributed by atoms with Crippen LogP contribution in [-0.4, -0.2) is 15.3 Å². The van der Waals surface area contributed by atoms with Gasteiger partial charge in [0.2, 0.25) is 0 Å². The van der Waals surface area contributed by atoms with Crippen molar-refractivity contribution < 1.29 is 4.79 Å². The second-order valence-electron chi connectivity index (χ2n) is 7.81. The molecule has 146 valence electrons. The van der Waals surface area contributed by atoms with Gasteiger partial charge < -0.3 is 5.32 Å². The molecule has 0 saturated carbocycles. The van der Waals surface area contributed by atoms with E-state index in [1.165, 1.54) is 5.56 Å². The van der Waals surface area contributed by atoms with Crippen LogP contribution in [0, 0.1) is 13.8 Å². The fourth-order valence-electron chi connectivity index (χ4n) is 3.58. The van der Waals surface area contributed by atoms with E-state index < -0.39 is 0 Å². The van der Waals surface area contributed by atoms with Crippen LogP contribution in [0.4, 0.5) is 5.69 Å². The highest BCUT2D eigenvalue weighted by Crippen LogP contribution is 2.28. The van der Waals surface area contributed by atoms with Gasteiger partial charge in [-0.15, -0.1) is 0 Å². The number of benzene rings is 2. The van der Waals surface area contributed by atoms with Gasteiger partial charge in [0.05, 0.1) is 0 Å². The molecule has 2 aromatic heterocycles. The largest absolute Gasteiger partial charge is 0.320 e. The molecule has 0 aliphatic rings. The molecule has 1 amide bonds. The number of para-hydroxylation sites is 1. The third-order valence-corrected chi connectivity index (χ3v) is 5.14. The van der Waals surface area contributed by atoms with Crippen molar-refractivity contribution in [3.63, 3.8) is 0 Å². The maximum absolute atomic E-state index is 13.5. The Balaban J connectivity index is 1.85. The highest BCUT2D eigenvalue weighted by molar-refractivity contribution is 6.08. The highest BCUT2D eigenvalue weighted by atomic mass is 16.2. The summed E-state index contributed by atoms with van der Waals surface area (Å²) in [5.74, 6) is 0.152. The summed E-state index contributed by atoms with van der Waals surface area (Å²) in [6.45, 7) is 8.31. The molecule has 4 aromatic rings. The van der Waals surface area contributed by atoms with Crippen molar-refractivity contribution in [2.75, 3.05) is 5.32 Å². The van der Waals surface area contributed by atoms with Gasteiger partial charge in [0.1, 0.15) is 17.0 Å². The van der Waals surface area contributed by atoms with Crippen molar-refractivity contribution in [3.05, 3.63) is 89.2 Å². The third kappa shape index (κ3) is 3.66. The number of aryl methyl sites for hydroxylation is 2. The van der Waals surface area contributed by atoms with Gasteiger partial charge in [-0.3, -0.25) is 9.20 Å². The first kappa shape index (κ1) is 18.9. The lowest BCUT2D eigenvalue weighted by Gasteiger charge is -2.14. The Morgan fingerprint density at radius 2 is 1.62 bits per heavy atom. The standard InChI is InChI=1S/C25H25N3O/c1-16(2)20-7-5-6-8-21(20)26-25(29)24-23(19-12-9-17(3)10-13-19)27-22-14-11-18(4)15-28(22)24/h5-16H,1-4H3,(H,26,29). The molecule has 4 rings (SSSR count). The van der Waals surface area contributed by atoms with Crippen LogP contribution < -0.4 is 5.32 Å². The van der Waals surface area contributed by atoms with Crippen LogP contribution in [0.3, 0.4) is 0 Å². The van der Waals surface area contributed by atoms with Crippen molar-refractivity contribution in [2.45, 2.75) is 33.6 Å². The molecule has 0 aliphatic heterocycles. The minimum Gasteiger partial charge on any atom is -0.320 e. The van der Waals surface area contributed by atoms with E-state index in [1.807, 2.05) is 79.0 Å². The first-order valence-electron chi connectivity index (χ1n) is 9.90. The van der Waals surface area contributed by atoms with Gasteiger partial charge in [0, 0.05) is 17.4 Å². The number of nitrogens with one attached hydrogen (secondary N) is 1. The van der Waals surface area contributed by atoms with E-state index in [1.54, 1.807) is 0 Å². The molecule has 0 saturated heterocycles. The van der Waals surface area contributed by atoms with E-state index in [-0.39, 0.29) is 5.91 Å². The summed E-state index contributed by atoms with van der Waals surface area (Å²) >= 11 is 0. The van der Waals surface area contributed by atoms with Gasteiger partial charge in [-0.2, -0.15) is 0 Å². The van der Waals surface area contributed by atoms with Crippen molar-refractivity contribution >= 4 is 17.2 Å². The van der Waals surface area contributed by atoms with Gasteiger partial charge >= 0.3 is 0 Å². The lowest BCUT2D eigenvalue weighted by atomic mass is 10.0. The number of imidazole rings is 1. The second-order valence-corrected chi connectivity index (χ2v) is 7.81. The fraction of sp³-hybridized carbons (Fsp3) is 0.200. The number of anilines is 1.